The summed E-state index contributed by atoms with van der Waals surface area (Å²) in [6, 6.07) is 6.83. The summed E-state index contributed by atoms with van der Waals surface area (Å²) < 4.78 is 3.54. The summed E-state index contributed by atoms with van der Waals surface area (Å²) in [5.41, 5.74) is 0. The summed E-state index contributed by atoms with van der Waals surface area (Å²) in [5.74, 6) is 3.50. The Kier molecular flexibility index (Phi) is 3.06. The van der Waals surface area contributed by atoms with E-state index in [1.807, 2.05) is 23.5 Å². The molecule has 0 radical (unpaired) electrons. The quantitative estimate of drug-likeness (QED) is 0.811. The van der Waals surface area contributed by atoms with E-state index in [-0.39, 0.29) is 0 Å². The van der Waals surface area contributed by atoms with Gasteiger partial charge in [-0.05, 0) is 6.07 Å². The highest BCUT2D eigenvalue weighted by atomic mass is 32.2. The first kappa shape index (κ1) is 10.5. The molecule has 0 aliphatic carbocycles. The lowest BCUT2D eigenvalue weighted by atomic mass is 10.4. The average molecular weight is 252 g/mol. The van der Waals surface area contributed by atoms with Crippen LogP contribution in [0.4, 0.5) is 5.82 Å². The molecule has 2 aliphatic rings. The molecule has 1 N–H and O–H groups in total. The fraction of sp³-hybridized carbons (Fsp3) is 0.455. The van der Waals surface area contributed by atoms with E-state index < -0.39 is 0 Å². The second kappa shape index (κ2) is 4.67. The summed E-state index contributed by atoms with van der Waals surface area (Å²) in [4.78, 5) is 4.45. The molecule has 3 heterocycles. The Bertz CT molecular complexity index is 394. The minimum Gasteiger partial charge on any atom is -0.271 e. The van der Waals surface area contributed by atoms with Gasteiger partial charge >= 0.3 is 0 Å². The highest BCUT2D eigenvalue weighted by Crippen LogP contribution is 2.24. The van der Waals surface area contributed by atoms with Crippen LogP contribution in [0.5, 0.6) is 0 Å². The maximum Gasteiger partial charge on any atom is 0.274 e. The third-order valence-corrected chi connectivity index (χ3v) is 5.09. The van der Waals surface area contributed by atoms with Crippen molar-refractivity contribution in [3.05, 3.63) is 24.4 Å². The number of thioether (sulfide) groups is 2. The van der Waals surface area contributed by atoms with Crippen LogP contribution in [0.2, 0.25) is 0 Å². The smallest absolute Gasteiger partial charge is 0.271 e. The number of hydrogen-bond donors (Lipinski definition) is 1. The van der Waals surface area contributed by atoms with E-state index in [9.17, 15) is 0 Å². The molecule has 1 aromatic rings. The molecular formula is C11H14N3S2+. The zero-order valence-corrected chi connectivity index (χ0v) is 10.6. The molecule has 0 fully saturated rings. The van der Waals surface area contributed by atoms with Gasteiger partial charge in [-0.15, -0.1) is 0 Å². The zero-order valence-electron chi connectivity index (χ0n) is 8.93. The van der Waals surface area contributed by atoms with Crippen LogP contribution >= 0.6 is 23.5 Å². The maximum atomic E-state index is 4.45. The highest BCUT2D eigenvalue weighted by molar-refractivity contribution is 8.39. The molecule has 3 rings (SSSR count). The van der Waals surface area contributed by atoms with Gasteiger partial charge in [0.2, 0.25) is 0 Å². The molecule has 0 saturated heterocycles. The highest BCUT2D eigenvalue weighted by Gasteiger charge is 2.27. The Balaban J connectivity index is 1.56. The van der Waals surface area contributed by atoms with Gasteiger partial charge in [0.1, 0.15) is 17.0 Å². The van der Waals surface area contributed by atoms with Crippen molar-refractivity contribution < 1.29 is 4.57 Å². The fourth-order valence-electron chi connectivity index (χ4n) is 1.93. The number of rotatable bonds is 2. The predicted octanol–water partition coefficient (Wildman–Crippen LogP) is 1.60. The van der Waals surface area contributed by atoms with Gasteiger partial charge < -0.3 is 0 Å². The molecule has 0 saturated carbocycles. The van der Waals surface area contributed by atoms with Gasteiger partial charge in [-0.2, -0.15) is 0 Å². The topological polar surface area (TPSA) is 28.3 Å². The number of nitrogens with zero attached hydrogens (tertiary/aromatic N) is 2. The van der Waals surface area contributed by atoms with Gasteiger partial charge in [-0.1, -0.05) is 29.6 Å². The maximum absolute atomic E-state index is 4.45. The Morgan fingerprint density at radius 1 is 1.56 bits per heavy atom. The van der Waals surface area contributed by atoms with Crippen LogP contribution in [0, 0.1) is 0 Å². The second-order valence-electron chi connectivity index (χ2n) is 3.89. The van der Waals surface area contributed by atoms with Crippen LogP contribution in [0.15, 0.2) is 29.4 Å². The molecule has 2 aliphatic heterocycles. The van der Waals surface area contributed by atoms with E-state index in [1.165, 1.54) is 10.2 Å². The van der Waals surface area contributed by atoms with Crippen LogP contribution in [0.3, 0.4) is 0 Å². The molecule has 3 nitrogen and oxygen atoms in total. The number of hydrogen-bond acceptors (Lipinski definition) is 4. The monoisotopic (exact) mass is 252 g/mol. The van der Waals surface area contributed by atoms with Crippen molar-refractivity contribution in [2.45, 2.75) is 12.6 Å². The summed E-state index contributed by atoms with van der Waals surface area (Å²) in [5, 5.41) is 3.54. The third-order valence-electron chi connectivity index (χ3n) is 2.68. The van der Waals surface area contributed by atoms with Gasteiger partial charge in [-0.3, -0.25) is 10.3 Å². The summed E-state index contributed by atoms with van der Waals surface area (Å²) >= 11 is 3.78. The van der Waals surface area contributed by atoms with E-state index in [1.54, 1.807) is 0 Å². The number of aliphatic imine (C=N–C) groups is 1. The van der Waals surface area contributed by atoms with E-state index >= 15 is 0 Å². The van der Waals surface area contributed by atoms with Gasteiger partial charge in [0.05, 0.1) is 12.7 Å². The Labute approximate surface area is 104 Å². The van der Waals surface area contributed by atoms with Crippen molar-refractivity contribution in [3.63, 3.8) is 0 Å². The Morgan fingerprint density at radius 2 is 2.56 bits per heavy atom. The predicted molar refractivity (Wildman–Crippen MR) is 71.3 cm³/mol. The molecule has 5 heteroatoms. The number of aromatic nitrogens is 1. The van der Waals surface area contributed by atoms with Crippen molar-refractivity contribution in [2.24, 2.45) is 4.99 Å². The van der Waals surface area contributed by atoms with Crippen molar-refractivity contribution in [3.8, 4) is 0 Å². The average Bonchev–Trinajstić information content (AvgIpc) is 2.95. The van der Waals surface area contributed by atoms with Crippen molar-refractivity contribution in [1.82, 2.24) is 0 Å². The van der Waals surface area contributed by atoms with E-state index in [4.69, 9.17) is 0 Å². The Morgan fingerprint density at radius 3 is 3.38 bits per heavy atom. The second-order valence-corrected chi connectivity index (χ2v) is 6.24. The van der Waals surface area contributed by atoms with Crippen molar-refractivity contribution in [2.75, 3.05) is 23.4 Å². The van der Waals surface area contributed by atoms with E-state index in [0.29, 0.717) is 6.04 Å². The van der Waals surface area contributed by atoms with Gasteiger partial charge in [0.15, 0.2) is 0 Å². The molecule has 0 unspecified atom stereocenters. The zero-order chi connectivity index (χ0) is 10.8. The molecule has 0 bridgehead atoms. The minimum atomic E-state index is 0.538. The lowest BCUT2D eigenvalue weighted by Gasteiger charge is -2.03. The molecule has 1 aromatic heterocycles. The summed E-state index contributed by atoms with van der Waals surface area (Å²) in [6.45, 7) is 2.07. The third kappa shape index (κ3) is 2.20. The molecular weight excluding hydrogens is 238 g/mol. The molecule has 0 amide bonds. The van der Waals surface area contributed by atoms with Gasteiger partial charge in [0.25, 0.3) is 5.82 Å². The number of anilines is 1. The number of fused-ring (bicyclic) bond motifs is 1. The number of nitrogens with one attached hydrogen (secondary N) is 1. The van der Waals surface area contributed by atoms with E-state index in [2.05, 4.69) is 39.3 Å². The van der Waals surface area contributed by atoms with Crippen molar-refractivity contribution in [1.29, 1.82) is 0 Å². The SMILES string of the molecule is c1cc[n+]2c(c1)N[C@H](CSC1=NCCS1)C2. The van der Waals surface area contributed by atoms with Crippen LogP contribution in [0.1, 0.15) is 0 Å². The molecule has 0 spiro atoms. The lowest BCUT2D eigenvalue weighted by molar-refractivity contribution is -0.673. The normalized spacial score (nSPS) is 22.8. The van der Waals surface area contributed by atoms with Crippen molar-refractivity contribution >= 4 is 33.7 Å². The lowest BCUT2D eigenvalue weighted by Crippen LogP contribution is -2.33. The van der Waals surface area contributed by atoms with Crippen LogP contribution < -0.4 is 9.88 Å². The first-order valence-electron chi connectivity index (χ1n) is 5.47. The van der Waals surface area contributed by atoms with E-state index in [0.717, 1.165) is 24.6 Å². The first-order chi connectivity index (χ1) is 7.92. The van der Waals surface area contributed by atoms with Crippen LogP contribution in [-0.2, 0) is 6.54 Å². The van der Waals surface area contributed by atoms with Crippen LogP contribution in [-0.4, -0.2) is 28.5 Å². The summed E-state index contributed by atoms with van der Waals surface area (Å²) in [6.07, 6.45) is 2.13. The molecule has 1 atom stereocenters. The molecule has 0 aromatic carbocycles. The fourth-order valence-corrected chi connectivity index (χ4v) is 3.97. The standard InChI is InChI=1S/C11H13N3S2/c1-2-5-14-7-9(13-10(14)3-1)8-16-11-12-4-6-15-11/h1-3,5,9H,4,6-8H2/p+1/t9-/m0/s1. The molecule has 16 heavy (non-hydrogen) atoms. The summed E-state index contributed by atoms with van der Waals surface area (Å²) in [7, 11) is 0. The van der Waals surface area contributed by atoms with Crippen LogP contribution in [0.25, 0.3) is 0 Å². The first-order valence-corrected chi connectivity index (χ1v) is 7.44. The van der Waals surface area contributed by atoms with Gasteiger partial charge in [0, 0.05) is 17.6 Å². The van der Waals surface area contributed by atoms with Gasteiger partial charge in [-0.25, -0.2) is 4.57 Å². The molecule has 84 valence electrons. The largest absolute Gasteiger partial charge is 0.274 e. The Hall–Kier alpha value is -0.680. The number of pyridine rings is 1. The minimum absolute atomic E-state index is 0.538.